The molecule has 0 aromatic heterocycles. The number of carboxylic acid groups (broad SMARTS) is 2. The van der Waals surface area contributed by atoms with E-state index in [0.717, 1.165) is 19.3 Å². The van der Waals surface area contributed by atoms with Gasteiger partial charge >= 0.3 is 11.9 Å². The van der Waals surface area contributed by atoms with Crippen LogP contribution in [0.15, 0.2) is 0 Å². The third-order valence-corrected chi connectivity index (χ3v) is 12.9. The standard InChI is InChI=1S/C32H51NO12/c1-14(4-7-22(36)33-13-23(37)38)17-5-6-18-24-19(12-21(35)32(17,18)3)31(2)9-8-16(10-15(31)11-20(24)34)44-30-27(41)25(39)26(40)28(45-30)29(42)43/h14-21,24-28,30,34-35,39-41H,4-13H2,1-3H3,(H,33,36)(H,37,38)(H,42,43). The van der Waals surface area contributed by atoms with Crippen molar-refractivity contribution in [1.82, 2.24) is 5.32 Å². The largest absolute Gasteiger partial charge is 0.480 e. The van der Waals surface area contributed by atoms with Crippen molar-refractivity contribution in [2.24, 2.45) is 46.3 Å². The quantitative estimate of drug-likeness (QED) is 0.161. The lowest BCUT2D eigenvalue weighted by Crippen LogP contribution is -2.63. The van der Waals surface area contributed by atoms with Crippen molar-refractivity contribution in [2.75, 3.05) is 6.54 Å². The molecule has 16 unspecified atom stereocenters. The SMILES string of the molecule is CC(CCC(=O)NCC(=O)O)C1CCC2C3C(O)CC4CC(OC5OC(C(=O)O)C(O)C(O)C5O)CCC4(C)C3CC(O)C12C. The van der Waals surface area contributed by atoms with E-state index in [1.165, 1.54) is 0 Å². The van der Waals surface area contributed by atoms with Crippen LogP contribution in [0.4, 0.5) is 0 Å². The van der Waals surface area contributed by atoms with Crippen molar-refractivity contribution in [3.05, 3.63) is 0 Å². The first-order valence-electron chi connectivity index (χ1n) is 16.5. The molecule has 4 aliphatic carbocycles. The summed E-state index contributed by atoms with van der Waals surface area (Å²) in [5, 5.41) is 74.9. The van der Waals surface area contributed by atoms with Crippen LogP contribution < -0.4 is 5.32 Å². The Kier molecular flexibility index (Phi) is 9.93. The van der Waals surface area contributed by atoms with Gasteiger partial charge in [0, 0.05) is 6.42 Å². The highest BCUT2D eigenvalue weighted by molar-refractivity contribution is 5.81. The second-order valence-electron chi connectivity index (χ2n) is 15.1. The molecule has 5 aliphatic rings. The summed E-state index contributed by atoms with van der Waals surface area (Å²) >= 11 is 0. The summed E-state index contributed by atoms with van der Waals surface area (Å²) in [5.41, 5.74) is -0.591. The fourth-order valence-electron chi connectivity index (χ4n) is 10.4. The number of hydrogen-bond acceptors (Lipinski definition) is 10. The van der Waals surface area contributed by atoms with E-state index in [4.69, 9.17) is 14.6 Å². The summed E-state index contributed by atoms with van der Waals surface area (Å²) in [6, 6.07) is 0. The molecule has 0 aromatic rings. The van der Waals surface area contributed by atoms with Gasteiger partial charge in [-0.05, 0) is 97.7 Å². The number of aliphatic carboxylic acids is 2. The molecule has 0 spiro atoms. The van der Waals surface area contributed by atoms with E-state index in [1.807, 2.05) is 0 Å². The Labute approximate surface area is 263 Å². The van der Waals surface area contributed by atoms with Crippen LogP contribution in [0.2, 0.25) is 0 Å². The minimum atomic E-state index is -1.79. The number of aliphatic hydroxyl groups excluding tert-OH is 5. The van der Waals surface area contributed by atoms with E-state index in [2.05, 4.69) is 26.1 Å². The molecule has 0 bridgehead atoms. The number of carboxylic acids is 2. The molecule has 1 saturated heterocycles. The Morgan fingerprint density at radius 2 is 1.64 bits per heavy atom. The summed E-state index contributed by atoms with van der Waals surface area (Å²) in [5.74, 6) is -2.28. The van der Waals surface area contributed by atoms with Crippen LogP contribution in [-0.4, -0.2) is 109 Å². The van der Waals surface area contributed by atoms with Gasteiger partial charge in [-0.2, -0.15) is 0 Å². The van der Waals surface area contributed by atoms with Crippen LogP contribution in [0.3, 0.4) is 0 Å². The maximum absolute atomic E-state index is 12.2. The summed E-state index contributed by atoms with van der Waals surface area (Å²) in [7, 11) is 0. The zero-order valence-electron chi connectivity index (χ0n) is 26.3. The predicted octanol–water partition coefficient (Wildman–Crippen LogP) is 0.481. The smallest absolute Gasteiger partial charge is 0.335 e. The maximum Gasteiger partial charge on any atom is 0.335 e. The fraction of sp³-hybridized carbons (Fsp3) is 0.906. The summed E-state index contributed by atoms with van der Waals surface area (Å²) in [6.45, 7) is 6.08. The minimum Gasteiger partial charge on any atom is -0.480 e. The number of carbonyl (C=O) groups is 3. The van der Waals surface area contributed by atoms with Gasteiger partial charge in [0.25, 0.3) is 0 Å². The van der Waals surface area contributed by atoms with E-state index in [9.17, 15) is 45.0 Å². The molecule has 13 nitrogen and oxygen atoms in total. The van der Waals surface area contributed by atoms with E-state index < -0.39 is 72.9 Å². The number of carbonyl (C=O) groups excluding carboxylic acids is 1. The molecular formula is C32H51NO12. The number of amides is 1. The van der Waals surface area contributed by atoms with Crippen LogP contribution in [0.1, 0.15) is 78.6 Å². The highest BCUT2D eigenvalue weighted by atomic mass is 16.7. The average molecular weight is 642 g/mol. The molecule has 1 aliphatic heterocycles. The second-order valence-corrected chi connectivity index (χ2v) is 15.1. The third-order valence-electron chi connectivity index (χ3n) is 12.9. The summed E-state index contributed by atoms with van der Waals surface area (Å²) in [6.07, 6.45) is -4.28. The van der Waals surface area contributed by atoms with E-state index in [0.29, 0.717) is 32.1 Å². The van der Waals surface area contributed by atoms with Gasteiger partial charge in [0.2, 0.25) is 5.91 Å². The monoisotopic (exact) mass is 641 g/mol. The Morgan fingerprint density at radius 1 is 0.933 bits per heavy atom. The molecule has 5 rings (SSSR count). The summed E-state index contributed by atoms with van der Waals surface area (Å²) < 4.78 is 11.4. The fourth-order valence-corrected chi connectivity index (χ4v) is 10.4. The van der Waals surface area contributed by atoms with Gasteiger partial charge in [0.15, 0.2) is 12.4 Å². The van der Waals surface area contributed by atoms with Crippen LogP contribution in [0.5, 0.6) is 0 Å². The van der Waals surface area contributed by atoms with Crippen molar-refractivity contribution in [3.8, 4) is 0 Å². The highest BCUT2D eigenvalue weighted by Gasteiger charge is 2.66. The molecule has 1 amide bonds. The topological polar surface area (TPSA) is 223 Å². The number of ether oxygens (including phenoxy) is 2. The molecule has 8 N–H and O–H groups in total. The Morgan fingerprint density at radius 3 is 2.31 bits per heavy atom. The Hall–Kier alpha value is -1.87. The van der Waals surface area contributed by atoms with Gasteiger partial charge < -0.3 is 50.5 Å². The van der Waals surface area contributed by atoms with Crippen molar-refractivity contribution in [2.45, 2.75) is 128 Å². The third kappa shape index (κ3) is 6.14. The lowest BCUT2D eigenvalue weighted by Gasteiger charge is -2.63. The van der Waals surface area contributed by atoms with Crippen LogP contribution in [0.25, 0.3) is 0 Å². The predicted molar refractivity (Wildman–Crippen MR) is 156 cm³/mol. The molecule has 45 heavy (non-hydrogen) atoms. The first kappa shape index (κ1) is 34.5. The van der Waals surface area contributed by atoms with Crippen molar-refractivity contribution < 1.29 is 59.6 Å². The summed E-state index contributed by atoms with van der Waals surface area (Å²) in [4.78, 5) is 34.5. The van der Waals surface area contributed by atoms with Crippen LogP contribution in [0, 0.1) is 46.3 Å². The van der Waals surface area contributed by atoms with Crippen LogP contribution in [-0.2, 0) is 23.9 Å². The molecule has 16 atom stereocenters. The van der Waals surface area contributed by atoms with Gasteiger partial charge in [0.1, 0.15) is 24.9 Å². The average Bonchev–Trinajstić information content (AvgIpc) is 3.34. The zero-order chi connectivity index (χ0) is 33.0. The number of rotatable bonds is 9. The number of nitrogens with one attached hydrogen (secondary N) is 1. The lowest BCUT2D eigenvalue weighted by atomic mass is 9.43. The molecule has 13 heteroatoms. The first-order chi connectivity index (χ1) is 21.1. The van der Waals surface area contributed by atoms with E-state index in [-0.39, 0.29) is 53.3 Å². The maximum atomic E-state index is 12.2. The van der Waals surface area contributed by atoms with Gasteiger partial charge in [-0.1, -0.05) is 20.8 Å². The van der Waals surface area contributed by atoms with Crippen molar-refractivity contribution in [1.29, 1.82) is 0 Å². The molecule has 0 radical (unpaired) electrons. The molecule has 256 valence electrons. The number of aliphatic hydroxyl groups is 5. The van der Waals surface area contributed by atoms with Gasteiger partial charge in [0.05, 0.1) is 18.3 Å². The minimum absolute atomic E-state index is 0.0182. The van der Waals surface area contributed by atoms with Gasteiger partial charge in [-0.25, -0.2) is 4.79 Å². The van der Waals surface area contributed by atoms with Crippen molar-refractivity contribution in [3.63, 3.8) is 0 Å². The Bertz CT molecular complexity index is 1120. The second kappa shape index (κ2) is 13.0. The van der Waals surface area contributed by atoms with Gasteiger partial charge in [-0.3, -0.25) is 9.59 Å². The number of hydrogen-bond donors (Lipinski definition) is 8. The normalized spacial score (nSPS) is 48.4. The molecule has 1 heterocycles. The lowest BCUT2D eigenvalue weighted by molar-refractivity contribution is -0.310. The Balaban J connectivity index is 1.25. The van der Waals surface area contributed by atoms with E-state index >= 15 is 0 Å². The van der Waals surface area contributed by atoms with E-state index in [1.54, 1.807) is 0 Å². The highest BCUT2D eigenvalue weighted by Crippen LogP contribution is 2.68. The van der Waals surface area contributed by atoms with Gasteiger partial charge in [-0.15, -0.1) is 0 Å². The molecule has 5 fully saturated rings. The molecule has 4 saturated carbocycles. The first-order valence-corrected chi connectivity index (χ1v) is 16.5. The van der Waals surface area contributed by atoms with Crippen molar-refractivity contribution >= 4 is 17.8 Å². The number of fused-ring (bicyclic) bond motifs is 5. The van der Waals surface area contributed by atoms with Crippen LogP contribution >= 0.6 is 0 Å². The molecule has 0 aromatic carbocycles. The molecular weight excluding hydrogens is 590 g/mol. The zero-order valence-corrected chi connectivity index (χ0v) is 26.3.